The van der Waals surface area contributed by atoms with Gasteiger partial charge in [0.05, 0.1) is 28.8 Å². The molecule has 0 fully saturated rings. The van der Waals surface area contributed by atoms with Gasteiger partial charge < -0.3 is 10.7 Å². The first-order valence-corrected chi connectivity index (χ1v) is 11.0. The molecule has 2 aromatic rings. The Bertz CT molecular complexity index is 1150. The van der Waals surface area contributed by atoms with Crippen molar-refractivity contribution in [3.63, 3.8) is 0 Å². The zero-order chi connectivity index (χ0) is 20.6. The van der Waals surface area contributed by atoms with E-state index in [0.717, 1.165) is 29.7 Å². The average Bonchev–Trinajstić information content (AvgIpc) is 3.15. The number of carbonyl (C=O) groups excluding carboxylic acids is 1. The minimum absolute atomic E-state index is 0.0452. The minimum Gasteiger partial charge on any atom is -0.325 e. The Labute approximate surface area is 170 Å². The molecular weight excluding hydrogens is 388 g/mol. The van der Waals surface area contributed by atoms with Crippen LogP contribution in [0.4, 0.5) is 5.69 Å². The molecule has 2 aromatic carbocycles. The highest BCUT2D eigenvalue weighted by molar-refractivity contribution is 7.90. The van der Waals surface area contributed by atoms with Gasteiger partial charge in [-0.3, -0.25) is 4.79 Å². The maximum atomic E-state index is 12.5. The summed E-state index contributed by atoms with van der Waals surface area (Å²) in [5.74, 6) is 0.0452. The van der Waals surface area contributed by atoms with Crippen molar-refractivity contribution in [1.29, 1.82) is 0 Å². The molecule has 2 heterocycles. The Morgan fingerprint density at radius 2 is 1.93 bits per heavy atom. The van der Waals surface area contributed by atoms with Crippen molar-refractivity contribution in [1.82, 2.24) is 5.43 Å². The summed E-state index contributed by atoms with van der Waals surface area (Å²) in [5.41, 5.74) is 6.13. The first-order chi connectivity index (χ1) is 13.9. The zero-order valence-electron chi connectivity index (χ0n) is 16.3. The number of benzene rings is 2. The topological polar surface area (TPSA) is 100.0 Å². The van der Waals surface area contributed by atoms with E-state index in [2.05, 4.69) is 20.2 Å². The van der Waals surface area contributed by atoms with Crippen LogP contribution in [0.1, 0.15) is 43.4 Å². The number of rotatable bonds is 6. The molecule has 7 nitrogen and oxygen atoms in total. The van der Waals surface area contributed by atoms with Crippen molar-refractivity contribution in [3.8, 4) is 0 Å². The van der Waals surface area contributed by atoms with E-state index in [4.69, 9.17) is 0 Å². The predicted octanol–water partition coefficient (Wildman–Crippen LogP) is 2.81. The van der Waals surface area contributed by atoms with Gasteiger partial charge in [-0.1, -0.05) is 38.1 Å². The van der Waals surface area contributed by atoms with Crippen LogP contribution in [0, 0.1) is 0 Å². The van der Waals surface area contributed by atoms with Crippen molar-refractivity contribution in [2.24, 2.45) is 9.50 Å². The number of nitrogens with zero attached hydrogens (tertiary/aromatic N) is 2. The van der Waals surface area contributed by atoms with Gasteiger partial charge >= 0.3 is 0 Å². The number of sulfonamides is 1. The lowest BCUT2D eigenvalue weighted by molar-refractivity contribution is -0.121. The summed E-state index contributed by atoms with van der Waals surface area (Å²) in [6.07, 6.45) is 3.12. The third-order valence-electron chi connectivity index (χ3n) is 5.71. The van der Waals surface area contributed by atoms with Gasteiger partial charge in [-0.15, -0.1) is 0 Å². The minimum atomic E-state index is -3.62. The van der Waals surface area contributed by atoms with Gasteiger partial charge in [0.2, 0.25) is 5.91 Å². The highest BCUT2D eigenvalue weighted by Crippen LogP contribution is 2.42. The van der Waals surface area contributed by atoms with Crippen LogP contribution in [0.5, 0.6) is 0 Å². The lowest BCUT2D eigenvalue weighted by Gasteiger charge is -2.24. The number of fused-ring (bicyclic) bond motifs is 2. The molecule has 2 aliphatic rings. The van der Waals surface area contributed by atoms with Gasteiger partial charge in [0, 0.05) is 11.3 Å². The summed E-state index contributed by atoms with van der Waals surface area (Å²) >= 11 is 0. The number of anilines is 1. The van der Waals surface area contributed by atoms with E-state index < -0.39 is 15.4 Å². The number of hydrazone groups is 1. The van der Waals surface area contributed by atoms with Gasteiger partial charge in [-0.05, 0) is 42.2 Å². The molecule has 1 amide bonds. The van der Waals surface area contributed by atoms with Crippen LogP contribution in [0.3, 0.4) is 0 Å². The molecule has 0 saturated heterocycles. The van der Waals surface area contributed by atoms with Gasteiger partial charge in [0.1, 0.15) is 0 Å². The van der Waals surface area contributed by atoms with Crippen LogP contribution in [-0.2, 0) is 20.2 Å². The van der Waals surface area contributed by atoms with Crippen LogP contribution >= 0.6 is 0 Å². The Hall–Kier alpha value is -3.00. The second-order valence-electron chi connectivity index (χ2n) is 7.15. The van der Waals surface area contributed by atoms with Gasteiger partial charge in [0.15, 0.2) is 0 Å². The highest BCUT2D eigenvalue weighted by Gasteiger charge is 2.43. The number of nitrogens with one attached hydrogen (secondary N) is 2. The van der Waals surface area contributed by atoms with Crippen LogP contribution in [0.15, 0.2) is 56.9 Å². The maximum Gasteiger partial charge on any atom is 0.283 e. The zero-order valence-corrected chi connectivity index (χ0v) is 17.1. The normalized spacial score (nSPS) is 18.3. The fraction of sp³-hybridized carbons (Fsp3) is 0.286. The summed E-state index contributed by atoms with van der Waals surface area (Å²) in [7, 11) is -3.62. The highest BCUT2D eigenvalue weighted by atomic mass is 32.2. The first kappa shape index (κ1) is 19.3. The summed E-state index contributed by atoms with van der Waals surface area (Å²) in [6, 6.07) is 12.5. The summed E-state index contributed by atoms with van der Waals surface area (Å²) in [6.45, 7) is 4.25. The van der Waals surface area contributed by atoms with Crippen molar-refractivity contribution < 1.29 is 13.2 Å². The number of amides is 1. The molecule has 0 bridgehead atoms. The van der Waals surface area contributed by atoms with Crippen molar-refractivity contribution >= 4 is 33.5 Å². The fourth-order valence-electron chi connectivity index (χ4n) is 4.00. The standard InChI is InChI=1S/C21H22N4O3S/c1-3-21(4-2)16-11-14(9-10-17(16)24-20(21)26)12-22-23-13-18-15-7-5-6-8-19(15)29(27,28)25-18/h5-12,23H,3-4,13H2,1-2H3,(H,24,26)/b22-12+. The van der Waals surface area contributed by atoms with E-state index >= 15 is 0 Å². The molecule has 0 unspecified atom stereocenters. The fourth-order valence-corrected chi connectivity index (χ4v) is 5.27. The second-order valence-corrected chi connectivity index (χ2v) is 8.72. The molecule has 0 aliphatic carbocycles. The van der Waals surface area contributed by atoms with Crippen molar-refractivity contribution in [3.05, 3.63) is 59.2 Å². The largest absolute Gasteiger partial charge is 0.325 e. The molecule has 0 atom stereocenters. The van der Waals surface area contributed by atoms with Crippen LogP contribution < -0.4 is 10.7 Å². The third kappa shape index (κ3) is 3.13. The average molecular weight is 410 g/mol. The maximum absolute atomic E-state index is 12.5. The molecule has 150 valence electrons. The van der Waals surface area contributed by atoms with Gasteiger partial charge in [-0.25, -0.2) is 0 Å². The lowest BCUT2D eigenvalue weighted by atomic mass is 9.76. The summed E-state index contributed by atoms with van der Waals surface area (Å²) < 4.78 is 28.0. The molecule has 8 heteroatoms. The van der Waals surface area contributed by atoms with E-state index in [0.29, 0.717) is 11.3 Å². The third-order valence-corrected chi connectivity index (χ3v) is 7.08. The molecule has 2 N–H and O–H groups in total. The summed E-state index contributed by atoms with van der Waals surface area (Å²) in [5, 5.41) is 7.18. The van der Waals surface area contributed by atoms with E-state index in [1.165, 1.54) is 0 Å². The SMILES string of the molecule is CCC1(CC)C(=O)Nc2ccc(/C=N/NCC3=NS(=O)(=O)c4ccccc43)cc21. The second kappa shape index (κ2) is 7.11. The first-order valence-electron chi connectivity index (χ1n) is 9.56. The Balaban J connectivity index is 1.50. The molecule has 2 aliphatic heterocycles. The van der Waals surface area contributed by atoms with Crippen molar-refractivity contribution in [2.45, 2.75) is 37.0 Å². The Morgan fingerprint density at radius 3 is 2.69 bits per heavy atom. The predicted molar refractivity (Wildman–Crippen MR) is 113 cm³/mol. The van der Waals surface area contributed by atoms with Crippen LogP contribution in [0.25, 0.3) is 0 Å². The number of carbonyl (C=O) groups is 1. The van der Waals surface area contributed by atoms with Crippen LogP contribution in [-0.4, -0.2) is 32.8 Å². The van der Waals surface area contributed by atoms with E-state index in [9.17, 15) is 13.2 Å². The Morgan fingerprint density at radius 1 is 1.17 bits per heavy atom. The molecule has 0 spiro atoms. The molecule has 0 saturated carbocycles. The summed E-state index contributed by atoms with van der Waals surface area (Å²) in [4.78, 5) is 12.7. The molecule has 4 rings (SSSR count). The lowest BCUT2D eigenvalue weighted by Crippen LogP contribution is -2.32. The van der Waals surface area contributed by atoms with Crippen LogP contribution in [0.2, 0.25) is 0 Å². The number of hydrogen-bond acceptors (Lipinski definition) is 5. The number of hydrogen-bond donors (Lipinski definition) is 2. The monoisotopic (exact) mass is 410 g/mol. The smallest absolute Gasteiger partial charge is 0.283 e. The van der Waals surface area contributed by atoms with Gasteiger partial charge in [-0.2, -0.15) is 17.9 Å². The quantitative estimate of drug-likeness (QED) is 0.565. The molecule has 0 radical (unpaired) electrons. The van der Waals surface area contributed by atoms with E-state index in [1.807, 2.05) is 32.0 Å². The molecule has 0 aromatic heterocycles. The molecule has 29 heavy (non-hydrogen) atoms. The molecular formula is C21H22N4O3S. The van der Waals surface area contributed by atoms with Crippen molar-refractivity contribution in [2.75, 3.05) is 11.9 Å². The Kier molecular flexibility index (Phi) is 4.74. The van der Waals surface area contributed by atoms with E-state index in [-0.39, 0.29) is 17.3 Å². The van der Waals surface area contributed by atoms with E-state index in [1.54, 1.807) is 30.5 Å². The van der Waals surface area contributed by atoms with Gasteiger partial charge in [0.25, 0.3) is 10.0 Å².